The van der Waals surface area contributed by atoms with Crippen molar-refractivity contribution in [3.8, 4) is 6.07 Å². The van der Waals surface area contributed by atoms with Crippen LogP contribution in [0.1, 0.15) is 23.7 Å². The van der Waals surface area contributed by atoms with Crippen molar-refractivity contribution in [2.24, 2.45) is 0 Å². The van der Waals surface area contributed by atoms with Crippen molar-refractivity contribution in [2.75, 3.05) is 5.75 Å². The van der Waals surface area contributed by atoms with Crippen LogP contribution in [0.25, 0.3) is 0 Å². The lowest BCUT2D eigenvalue weighted by molar-refractivity contribution is 0.871. The summed E-state index contributed by atoms with van der Waals surface area (Å²) < 4.78 is 0. The molecule has 0 saturated heterocycles. The molecule has 0 unspecified atom stereocenters. The smallest absolute Gasteiger partial charge is 0.137 e. The lowest BCUT2D eigenvalue weighted by atomic mass is 10.1. The van der Waals surface area contributed by atoms with Gasteiger partial charge in [0, 0.05) is 0 Å². The molecule has 0 saturated carbocycles. The molecule has 0 aromatic carbocycles. The summed E-state index contributed by atoms with van der Waals surface area (Å²) in [5.41, 5.74) is 2.44. The number of aryl methyl sites for hydroxylation is 1. The summed E-state index contributed by atoms with van der Waals surface area (Å²) in [6.07, 6.45) is 0. The fourth-order valence-electron chi connectivity index (χ4n) is 0.956. The average Bonchev–Trinajstić information content (AvgIpc) is 2.12. The highest BCUT2D eigenvalue weighted by Gasteiger charge is 2.09. The highest BCUT2D eigenvalue weighted by atomic mass is 32.2. The molecule has 1 aromatic rings. The molecule has 0 aliphatic carbocycles. The van der Waals surface area contributed by atoms with Crippen molar-refractivity contribution in [1.29, 1.82) is 5.26 Å². The monoisotopic (exact) mass is 193 g/mol. The first-order valence-corrected chi connectivity index (χ1v) is 5.06. The molecule has 1 heterocycles. The van der Waals surface area contributed by atoms with E-state index in [0.717, 1.165) is 22.0 Å². The van der Waals surface area contributed by atoms with Crippen molar-refractivity contribution in [3.05, 3.63) is 16.8 Å². The van der Waals surface area contributed by atoms with Crippen LogP contribution >= 0.6 is 11.8 Å². The van der Waals surface area contributed by atoms with Crippen molar-refractivity contribution in [1.82, 2.24) is 10.2 Å². The maximum absolute atomic E-state index is 8.92. The maximum atomic E-state index is 8.92. The Morgan fingerprint density at radius 2 is 2.08 bits per heavy atom. The Hall–Kier alpha value is -1.08. The summed E-state index contributed by atoms with van der Waals surface area (Å²) in [6, 6.07) is 2.17. The van der Waals surface area contributed by atoms with Crippen LogP contribution in [0.4, 0.5) is 0 Å². The van der Waals surface area contributed by atoms with Gasteiger partial charge in [0.05, 0.1) is 11.3 Å². The number of hydrogen-bond acceptors (Lipinski definition) is 4. The Balaban J connectivity index is 3.23. The van der Waals surface area contributed by atoms with Crippen molar-refractivity contribution >= 4 is 11.8 Å². The predicted octanol–water partition coefficient (Wildman–Crippen LogP) is 2.08. The highest BCUT2D eigenvalue weighted by molar-refractivity contribution is 7.99. The fraction of sp³-hybridized carbons (Fsp3) is 0.444. The number of rotatable bonds is 2. The standard InChI is InChI=1S/C9H11N3S/c1-4-13-9-8(5-10)6(2)7(3)11-12-9/h4H2,1-3H3. The van der Waals surface area contributed by atoms with Crippen LogP contribution in [-0.4, -0.2) is 16.0 Å². The molecule has 3 nitrogen and oxygen atoms in total. The second-order valence-electron chi connectivity index (χ2n) is 2.64. The van der Waals surface area contributed by atoms with E-state index in [2.05, 4.69) is 16.3 Å². The Kier molecular flexibility index (Phi) is 3.26. The van der Waals surface area contributed by atoms with Crippen molar-refractivity contribution in [3.63, 3.8) is 0 Å². The Morgan fingerprint density at radius 1 is 1.38 bits per heavy atom. The molecular weight excluding hydrogens is 182 g/mol. The first kappa shape index (κ1) is 10.0. The maximum Gasteiger partial charge on any atom is 0.137 e. The second-order valence-corrected chi connectivity index (χ2v) is 3.89. The van der Waals surface area contributed by atoms with E-state index in [1.165, 1.54) is 0 Å². The topological polar surface area (TPSA) is 49.6 Å². The van der Waals surface area contributed by atoms with E-state index < -0.39 is 0 Å². The van der Waals surface area contributed by atoms with Gasteiger partial charge in [0.25, 0.3) is 0 Å². The van der Waals surface area contributed by atoms with Gasteiger partial charge in [-0.25, -0.2) is 0 Å². The molecule has 0 aliphatic heterocycles. The van der Waals surface area contributed by atoms with Gasteiger partial charge in [-0.3, -0.25) is 0 Å². The summed E-state index contributed by atoms with van der Waals surface area (Å²) in [5.74, 6) is 0.909. The Morgan fingerprint density at radius 3 is 2.62 bits per heavy atom. The molecule has 0 N–H and O–H groups in total. The van der Waals surface area contributed by atoms with E-state index >= 15 is 0 Å². The third-order valence-electron chi connectivity index (χ3n) is 1.82. The SMILES string of the molecule is CCSc1nnc(C)c(C)c1C#N. The van der Waals surface area contributed by atoms with Crippen molar-refractivity contribution in [2.45, 2.75) is 25.8 Å². The zero-order chi connectivity index (χ0) is 9.84. The van der Waals surface area contributed by atoms with Gasteiger partial charge in [0.15, 0.2) is 0 Å². The van der Waals surface area contributed by atoms with E-state index in [1.54, 1.807) is 11.8 Å². The third kappa shape index (κ3) is 1.99. The normalized spacial score (nSPS) is 9.69. The molecule has 0 atom stereocenters. The van der Waals surface area contributed by atoms with Crippen LogP contribution < -0.4 is 0 Å². The number of nitriles is 1. The van der Waals surface area contributed by atoms with Crippen LogP contribution in [0.15, 0.2) is 5.03 Å². The zero-order valence-corrected chi connectivity index (χ0v) is 8.77. The first-order valence-electron chi connectivity index (χ1n) is 4.07. The number of aromatic nitrogens is 2. The predicted molar refractivity (Wildman–Crippen MR) is 52.6 cm³/mol. The number of nitrogens with zero attached hydrogens (tertiary/aromatic N) is 3. The molecule has 0 aliphatic rings. The minimum absolute atomic E-state index is 0.666. The molecule has 0 radical (unpaired) electrons. The zero-order valence-electron chi connectivity index (χ0n) is 7.96. The van der Waals surface area contributed by atoms with Gasteiger partial charge in [0.1, 0.15) is 11.1 Å². The van der Waals surface area contributed by atoms with E-state index in [0.29, 0.717) is 5.56 Å². The molecule has 4 heteroatoms. The molecule has 0 fully saturated rings. The molecule has 68 valence electrons. The van der Waals surface area contributed by atoms with Crippen LogP contribution in [0, 0.1) is 25.2 Å². The molecule has 1 rings (SSSR count). The van der Waals surface area contributed by atoms with E-state index in [1.807, 2.05) is 20.8 Å². The molecule has 13 heavy (non-hydrogen) atoms. The Bertz CT molecular complexity index is 355. The summed E-state index contributed by atoms with van der Waals surface area (Å²) in [7, 11) is 0. The van der Waals surface area contributed by atoms with Crippen LogP contribution in [0.5, 0.6) is 0 Å². The van der Waals surface area contributed by atoms with E-state index in [4.69, 9.17) is 5.26 Å². The minimum atomic E-state index is 0.666. The molecule has 0 bridgehead atoms. The van der Waals surface area contributed by atoms with Crippen LogP contribution in [0.3, 0.4) is 0 Å². The lowest BCUT2D eigenvalue weighted by Gasteiger charge is -2.04. The van der Waals surface area contributed by atoms with Gasteiger partial charge < -0.3 is 0 Å². The van der Waals surface area contributed by atoms with Gasteiger partial charge in [0.2, 0.25) is 0 Å². The number of hydrogen-bond donors (Lipinski definition) is 0. The second kappa shape index (κ2) is 4.24. The largest absolute Gasteiger partial charge is 0.192 e. The van der Waals surface area contributed by atoms with Gasteiger partial charge in [-0.1, -0.05) is 6.92 Å². The summed E-state index contributed by atoms with van der Waals surface area (Å²) >= 11 is 1.55. The molecular formula is C9H11N3S. The van der Waals surface area contributed by atoms with E-state index in [9.17, 15) is 0 Å². The third-order valence-corrected chi connectivity index (χ3v) is 2.66. The summed E-state index contributed by atoms with van der Waals surface area (Å²) in [4.78, 5) is 0. The number of thioether (sulfide) groups is 1. The van der Waals surface area contributed by atoms with Crippen LogP contribution in [0.2, 0.25) is 0 Å². The average molecular weight is 193 g/mol. The van der Waals surface area contributed by atoms with E-state index in [-0.39, 0.29) is 0 Å². The van der Waals surface area contributed by atoms with Gasteiger partial charge in [-0.2, -0.15) is 10.4 Å². The Labute approximate surface area is 82.2 Å². The lowest BCUT2D eigenvalue weighted by Crippen LogP contribution is -1.98. The van der Waals surface area contributed by atoms with Gasteiger partial charge >= 0.3 is 0 Å². The molecule has 0 amide bonds. The quantitative estimate of drug-likeness (QED) is 0.675. The first-order chi connectivity index (χ1) is 6.20. The minimum Gasteiger partial charge on any atom is -0.192 e. The van der Waals surface area contributed by atoms with Gasteiger partial charge in [-0.15, -0.1) is 16.9 Å². The highest BCUT2D eigenvalue weighted by Crippen LogP contribution is 2.22. The summed E-state index contributed by atoms with van der Waals surface area (Å²) in [5, 5.41) is 17.6. The molecule has 0 spiro atoms. The summed E-state index contributed by atoms with van der Waals surface area (Å²) in [6.45, 7) is 5.80. The fourth-order valence-corrected chi connectivity index (χ4v) is 1.67. The van der Waals surface area contributed by atoms with Crippen molar-refractivity contribution < 1.29 is 0 Å². The molecule has 1 aromatic heterocycles. The van der Waals surface area contributed by atoms with Crippen LogP contribution in [-0.2, 0) is 0 Å². The van der Waals surface area contributed by atoms with Gasteiger partial charge in [-0.05, 0) is 25.2 Å².